The predicted octanol–water partition coefficient (Wildman–Crippen LogP) is -1.21. The highest BCUT2D eigenvalue weighted by atomic mass is 16.3. The summed E-state index contributed by atoms with van der Waals surface area (Å²) in [5.74, 6) is 0. The van der Waals surface area contributed by atoms with Crippen LogP contribution in [0.2, 0.25) is 0 Å². The van der Waals surface area contributed by atoms with Crippen molar-refractivity contribution in [1.82, 2.24) is 10.2 Å². The maximum absolute atomic E-state index is 9.32. The molecule has 0 aliphatic carbocycles. The molecule has 1 saturated heterocycles. The summed E-state index contributed by atoms with van der Waals surface area (Å²) in [6, 6.07) is 0. The molecule has 0 amide bonds. The van der Waals surface area contributed by atoms with Gasteiger partial charge in [-0.25, -0.2) is 0 Å². The van der Waals surface area contributed by atoms with Gasteiger partial charge in [0.25, 0.3) is 0 Å². The zero-order valence-electron chi connectivity index (χ0n) is 8.35. The Morgan fingerprint density at radius 2 is 2.14 bits per heavy atom. The van der Waals surface area contributed by atoms with E-state index in [1.165, 1.54) is 0 Å². The van der Waals surface area contributed by atoms with Gasteiger partial charge in [-0.15, -0.1) is 0 Å². The molecule has 0 bridgehead atoms. The first-order valence-electron chi connectivity index (χ1n) is 4.58. The number of nitrogens with one attached hydrogen (secondary N) is 1. The Morgan fingerprint density at radius 1 is 1.57 bits per heavy atom. The molecule has 1 fully saturated rings. The third kappa shape index (κ3) is 2.80. The van der Waals surface area contributed by atoms with E-state index in [4.69, 9.17) is 0 Å². The van der Waals surface area contributed by atoms with E-state index in [0.717, 1.165) is 5.70 Å². The first kappa shape index (κ1) is 11.2. The second-order valence-corrected chi connectivity index (χ2v) is 3.42. The summed E-state index contributed by atoms with van der Waals surface area (Å²) in [5, 5.41) is 21.6. The number of aliphatic imine (C=N–C) groups is 1. The Hall–Kier alpha value is -0.910. The fraction of sp³-hybridized carbons (Fsp3) is 0.667. The molecule has 1 heterocycles. The van der Waals surface area contributed by atoms with Crippen LogP contribution < -0.4 is 5.32 Å². The average Bonchev–Trinajstić information content (AvgIpc) is 2.45. The number of hydrogen-bond donors (Lipinski definition) is 3. The van der Waals surface area contributed by atoms with Gasteiger partial charge in [-0.1, -0.05) is 0 Å². The van der Waals surface area contributed by atoms with Crippen molar-refractivity contribution in [3.63, 3.8) is 0 Å². The van der Waals surface area contributed by atoms with E-state index in [0.29, 0.717) is 19.6 Å². The molecule has 5 heteroatoms. The number of nitrogens with zero attached hydrogens (tertiary/aromatic N) is 2. The van der Waals surface area contributed by atoms with Crippen LogP contribution in [0.5, 0.6) is 0 Å². The molecule has 2 atom stereocenters. The van der Waals surface area contributed by atoms with E-state index in [-0.39, 0.29) is 0 Å². The van der Waals surface area contributed by atoms with Crippen molar-refractivity contribution in [2.75, 3.05) is 26.7 Å². The van der Waals surface area contributed by atoms with Gasteiger partial charge in [-0.3, -0.25) is 9.89 Å². The molecular weight excluding hydrogens is 182 g/mol. The van der Waals surface area contributed by atoms with Gasteiger partial charge < -0.3 is 15.5 Å². The second-order valence-electron chi connectivity index (χ2n) is 3.42. The Labute approximate surface area is 83.8 Å². The molecule has 3 N–H and O–H groups in total. The molecular formula is C9H17N3O2. The lowest BCUT2D eigenvalue weighted by Crippen LogP contribution is -2.28. The molecule has 0 aromatic carbocycles. The number of likely N-dealkylation sites (N-methyl/N-ethyl adjacent to an activating group) is 1. The van der Waals surface area contributed by atoms with E-state index >= 15 is 0 Å². The monoisotopic (exact) mass is 199 g/mol. The van der Waals surface area contributed by atoms with Crippen LogP contribution in [-0.2, 0) is 0 Å². The zero-order valence-corrected chi connectivity index (χ0v) is 8.35. The van der Waals surface area contributed by atoms with Crippen LogP contribution in [0.15, 0.2) is 16.9 Å². The molecule has 5 nitrogen and oxygen atoms in total. The van der Waals surface area contributed by atoms with Gasteiger partial charge in [0.15, 0.2) is 0 Å². The first-order chi connectivity index (χ1) is 6.67. The summed E-state index contributed by atoms with van der Waals surface area (Å²) in [6.07, 6.45) is 0.367. The van der Waals surface area contributed by atoms with Gasteiger partial charge in [-0.2, -0.15) is 0 Å². The maximum atomic E-state index is 9.32. The lowest BCUT2D eigenvalue weighted by atomic mass is 10.3. The molecule has 1 rings (SSSR count). The summed E-state index contributed by atoms with van der Waals surface area (Å²) < 4.78 is 0. The highest BCUT2D eigenvalue weighted by Crippen LogP contribution is 2.10. The Kier molecular flexibility index (Phi) is 4.06. The standard InChI is InChI=1S/C9H17N3O2/c1-10-3-7(11-2)4-12-5-8(13)9(14)6-12/h3,8-9,11,13-14H,1,4-6H2,2H3/b7-3-/t8-,9-/m0/s1. The van der Waals surface area contributed by atoms with E-state index in [1.54, 1.807) is 13.2 Å². The lowest BCUT2D eigenvalue weighted by Gasteiger charge is -2.16. The van der Waals surface area contributed by atoms with Crippen LogP contribution in [-0.4, -0.2) is 60.7 Å². The van der Waals surface area contributed by atoms with Gasteiger partial charge >= 0.3 is 0 Å². The summed E-state index contributed by atoms with van der Waals surface area (Å²) >= 11 is 0. The van der Waals surface area contributed by atoms with Crippen LogP contribution in [0, 0.1) is 0 Å². The smallest absolute Gasteiger partial charge is 0.0938 e. The van der Waals surface area contributed by atoms with Gasteiger partial charge in [-0.05, 0) is 6.72 Å². The van der Waals surface area contributed by atoms with E-state index in [2.05, 4.69) is 17.0 Å². The Morgan fingerprint density at radius 3 is 2.57 bits per heavy atom. The molecule has 0 spiro atoms. The maximum Gasteiger partial charge on any atom is 0.0938 e. The number of likely N-dealkylation sites (tertiary alicyclic amines) is 1. The largest absolute Gasteiger partial charge is 0.389 e. The quantitative estimate of drug-likeness (QED) is 0.497. The molecule has 0 aromatic heterocycles. The fourth-order valence-electron chi connectivity index (χ4n) is 1.51. The van der Waals surface area contributed by atoms with Crippen molar-refractivity contribution in [1.29, 1.82) is 0 Å². The SMILES string of the molecule is C=N/C=C(/CN1C[C@H](O)[C@@H](O)C1)NC. The molecule has 0 radical (unpaired) electrons. The molecule has 0 unspecified atom stereocenters. The van der Waals surface area contributed by atoms with Crippen molar-refractivity contribution >= 4 is 6.72 Å². The van der Waals surface area contributed by atoms with Crippen LogP contribution in [0.1, 0.15) is 0 Å². The molecule has 1 aliphatic rings. The van der Waals surface area contributed by atoms with E-state index in [9.17, 15) is 10.2 Å². The highest BCUT2D eigenvalue weighted by molar-refractivity contribution is 5.26. The number of β-amino-alcohol motifs (C(OH)–C–C–N with tert-alkyl or cyclic N) is 2. The van der Waals surface area contributed by atoms with Crippen molar-refractivity contribution in [2.24, 2.45) is 4.99 Å². The predicted molar refractivity (Wildman–Crippen MR) is 55.1 cm³/mol. The Balaban J connectivity index is 2.45. The minimum Gasteiger partial charge on any atom is -0.389 e. The number of aliphatic hydroxyl groups is 2. The lowest BCUT2D eigenvalue weighted by molar-refractivity contribution is 0.0572. The van der Waals surface area contributed by atoms with E-state index < -0.39 is 12.2 Å². The minimum absolute atomic E-state index is 0.497. The number of aliphatic hydroxyl groups excluding tert-OH is 2. The number of hydrogen-bond acceptors (Lipinski definition) is 5. The van der Waals surface area contributed by atoms with Gasteiger partial charge in [0.2, 0.25) is 0 Å². The molecule has 0 aromatic rings. The van der Waals surface area contributed by atoms with Gasteiger partial charge in [0, 0.05) is 38.6 Å². The van der Waals surface area contributed by atoms with Crippen LogP contribution >= 0.6 is 0 Å². The summed E-state index contributed by atoms with van der Waals surface area (Å²) in [7, 11) is 1.81. The molecule has 0 saturated carbocycles. The highest BCUT2D eigenvalue weighted by Gasteiger charge is 2.29. The fourth-order valence-corrected chi connectivity index (χ4v) is 1.51. The van der Waals surface area contributed by atoms with Crippen molar-refractivity contribution in [3.8, 4) is 0 Å². The van der Waals surface area contributed by atoms with Crippen molar-refractivity contribution < 1.29 is 10.2 Å². The van der Waals surface area contributed by atoms with Crippen molar-refractivity contribution in [2.45, 2.75) is 12.2 Å². The summed E-state index contributed by atoms with van der Waals surface area (Å²) in [5.41, 5.74) is 0.918. The third-order valence-corrected chi connectivity index (χ3v) is 2.30. The molecule has 80 valence electrons. The van der Waals surface area contributed by atoms with Crippen LogP contribution in [0.3, 0.4) is 0 Å². The Bertz CT molecular complexity index is 220. The minimum atomic E-state index is -0.634. The topological polar surface area (TPSA) is 68.1 Å². The summed E-state index contributed by atoms with van der Waals surface area (Å²) in [4.78, 5) is 5.62. The van der Waals surface area contributed by atoms with Gasteiger partial charge in [0.1, 0.15) is 0 Å². The molecule has 1 aliphatic heterocycles. The normalized spacial score (nSPS) is 29.2. The summed E-state index contributed by atoms with van der Waals surface area (Å²) in [6.45, 7) is 5.01. The third-order valence-electron chi connectivity index (χ3n) is 2.30. The number of rotatable bonds is 4. The zero-order chi connectivity index (χ0) is 10.6. The van der Waals surface area contributed by atoms with Crippen molar-refractivity contribution in [3.05, 3.63) is 11.9 Å². The molecule has 14 heavy (non-hydrogen) atoms. The van der Waals surface area contributed by atoms with Gasteiger partial charge in [0.05, 0.1) is 12.2 Å². The average molecular weight is 199 g/mol. The van der Waals surface area contributed by atoms with Crippen LogP contribution in [0.25, 0.3) is 0 Å². The van der Waals surface area contributed by atoms with E-state index in [1.807, 2.05) is 4.90 Å². The second kappa shape index (κ2) is 5.09. The first-order valence-corrected chi connectivity index (χ1v) is 4.58. The van der Waals surface area contributed by atoms with Crippen LogP contribution in [0.4, 0.5) is 0 Å².